The van der Waals surface area contributed by atoms with E-state index < -0.39 is 0 Å². The molecule has 0 aliphatic carbocycles. The van der Waals surface area contributed by atoms with Crippen molar-refractivity contribution in [3.05, 3.63) is 46.6 Å². The van der Waals surface area contributed by atoms with E-state index in [4.69, 9.17) is 9.47 Å². The molecule has 244 valence electrons. The second kappa shape index (κ2) is 29.4. The van der Waals surface area contributed by atoms with E-state index in [-0.39, 0.29) is 55.2 Å². The Bertz CT molecular complexity index is 764. The number of rotatable bonds is 25. The van der Waals surface area contributed by atoms with Crippen LogP contribution in [0.1, 0.15) is 138 Å². The molecule has 0 radical (unpaired) electrons. The number of carbonyl (C=O) groups excluding carboxylic acids is 2. The van der Waals surface area contributed by atoms with E-state index in [9.17, 15) is 9.59 Å². The maximum absolute atomic E-state index is 12.6. The number of unbranched alkanes of at least 4 members (excludes halogenated alkanes) is 9. The molecule has 0 aromatic rings. The summed E-state index contributed by atoms with van der Waals surface area (Å²) in [4.78, 5) is 27.1. The van der Waals surface area contributed by atoms with E-state index in [1.54, 1.807) is 0 Å². The molecule has 0 aromatic heterocycles. The smallest absolute Gasteiger partial charge is 0.320 e. The Morgan fingerprint density at radius 2 is 0.952 bits per heavy atom. The Hall–Kier alpha value is -1.66. The van der Waals surface area contributed by atoms with Crippen LogP contribution < -0.4 is 0 Å². The van der Waals surface area contributed by atoms with Crippen LogP contribution in [0.25, 0.3) is 0 Å². The van der Waals surface area contributed by atoms with Gasteiger partial charge in [-0.25, -0.2) is 0 Å². The summed E-state index contributed by atoms with van der Waals surface area (Å²) in [5.41, 5.74) is 5.06. The number of esters is 2. The highest BCUT2D eigenvalue weighted by Crippen LogP contribution is 2.12. The third-order valence-electron chi connectivity index (χ3n) is 7.07. The lowest BCUT2D eigenvalue weighted by Crippen LogP contribution is -2.37. The lowest BCUT2D eigenvalue weighted by atomic mass is 10.1. The van der Waals surface area contributed by atoms with Crippen molar-refractivity contribution in [3.8, 4) is 0 Å². The van der Waals surface area contributed by atoms with Crippen molar-refractivity contribution < 1.29 is 19.1 Å². The maximum Gasteiger partial charge on any atom is 0.320 e. The van der Waals surface area contributed by atoms with Gasteiger partial charge in [-0.2, -0.15) is 0 Å². The first-order chi connectivity index (χ1) is 19.6. The first-order valence-corrected chi connectivity index (χ1v) is 16.3. The third kappa shape index (κ3) is 29.8. The molecule has 0 spiro atoms. The van der Waals surface area contributed by atoms with Crippen LogP contribution in [0.3, 0.4) is 0 Å². The minimum absolute atomic E-state index is 0. The molecule has 0 N–H and O–H groups in total. The average molecular weight is 655 g/mol. The predicted molar refractivity (Wildman–Crippen MR) is 185 cm³/mol. The molecule has 0 bridgehead atoms. The molecule has 0 aromatic carbocycles. The highest BCUT2D eigenvalue weighted by atomic mass is 79.9. The topological polar surface area (TPSA) is 55.8 Å². The number of nitrogens with zero attached hydrogens (tertiary/aromatic N) is 1. The maximum atomic E-state index is 12.6. The lowest BCUT2D eigenvalue weighted by Gasteiger charge is -2.20. The summed E-state index contributed by atoms with van der Waals surface area (Å²) in [7, 11) is 0. The SMILES string of the molecule is Br.CCCCCCCCCCCCN(CC(=O)OC/C=C(\C)CCC=C(C)C)CC(=O)OC/C=C(\C)CCC=C(C)C. The molecular formula is C36H64BrNO4. The van der Waals surface area contributed by atoms with Crippen molar-refractivity contribution in [1.82, 2.24) is 4.90 Å². The molecular weight excluding hydrogens is 590 g/mol. The van der Waals surface area contributed by atoms with E-state index >= 15 is 0 Å². The molecule has 0 aliphatic heterocycles. The van der Waals surface area contributed by atoms with Crippen molar-refractivity contribution >= 4 is 28.9 Å². The van der Waals surface area contributed by atoms with Crippen molar-refractivity contribution in [2.24, 2.45) is 0 Å². The van der Waals surface area contributed by atoms with E-state index in [1.807, 2.05) is 17.1 Å². The number of halogens is 1. The lowest BCUT2D eigenvalue weighted by molar-refractivity contribution is -0.147. The zero-order valence-corrected chi connectivity index (χ0v) is 29.9. The Balaban J connectivity index is 0. The highest BCUT2D eigenvalue weighted by Gasteiger charge is 2.16. The molecule has 0 rings (SSSR count). The third-order valence-corrected chi connectivity index (χ3v) is 7.07. The summed E-state index contributed by atoms with van der Waals surface area (Å²) in [5.74, 6) is -0.596. The molecule has 42 heavy (non-hydrogen) atoms. The molecule has 0 heterocycles. The van der Waals surface area contributed by atoms with Gasteiger partial charge in [-0.1, -0.05) is 99.2 Å². The number of hydrogen-bond acceptors (Lipinski definition) is 5. The number of carbonyl (C=O) groups is 2. The van der Waals surface area contributed by atoms with Gasteiger partial charge < -0.3 is 9.47 Å². The Kier molecular flexibility index (Phi) is 29.7. The van der Waals surface area contributed by atoms with Crippen molar-refractivity contribution in [2.45, 2.75) is 138 Å². The summed E-state index contributed by atoms with van der Waals surface area (Å²) in [5, 5.41) is 0. The minimum Gasteiger partial charge on any atom is -0.460 e. The molecule has 0 saturated carbocycles. The van der Waals surface area contributed by atoms with E-state index in [1.165, 1.54) is 73.7 Å². The Morgan fingerprint density at radius 1 is 0.571 bits per heavy atom. The van der Waals surface area contributed by atoms with Gasteiger partial charge >= 0.3 is 11.9 Å². The second-order valence-electron chi connectivity index (χ2n) is 12.0. The van der Waals surface area contributed by atoms with Crippen molar-refractivity contribution in [3.63, 3.8) is 0 Å². The standard InChI is InChI=1S/C36H63NO4.BrH/c1-8-9-10-11-12-13-14-15-16-17-26-37(29-35(38)40-27-24-33(6)22-18-20-31(2)3)30-36(39)41-28-25-34(7)23-19-21-32(4)5;/h20-21,24-25H,8-19,22-23,26-30H2,1-7H3;1H/b33-24+,34-25+;. The van der Waals surface area contributed by atoms with Crippen LogP contribution in [0, 0.1) is 0 Å². The second-order valence-corrected chi connectivity index (χ2v) is 12.0. The van der Waals surface area contributed by atoms with Gasteiger partial charge in [-0.05, 0) is 92.3 Å². The van der Waals surface area contributed by atoms with E-state index in [0.717, 1.165) is 38.5 Å². The predicted octanol–water partition coefficient (Wildman–Crippen LogP) is 10.3. The van der Waals surface area contributed by atoms with Gasteiger partial charge in [-0.3, -0.25) is 14.5 Å². The first-order valence-electron chi connectivity index (χ1n) is 16.3. The molecule has 0 aliphatic rings. The Morgan fingerprint density at radius 3 is 1.33 bits per heavy atom. The van der Waals surface area contributed by atoms with Gasteiger partial charge in [0.2, 0.25) is 0 Å². The molecule has 6 heteroatoms. The van der Waals surface area contributed by atoms with E-state index in [2.05, 4.69) is 60.6 Å². The first kappa shape index (κ1) is 42.5. The Labute approximate surface area is 270 Å². The van der Waals surface area contributed by atoms with E-state index in [0.29, 0.717) is 6.54 Å². The van der Waals surface area contributed by atoms with Crippen molar-refractivity contribution in [1.29, 1.82) is 0 Å². The number of allylic oxidation sites excluding steroid dienone is 6. The number of hydrogen-bond donors (Lipinski definition) is 0. The zero-order chi connectivity index (χ0) is 30.7. The summed E-state index contributed by atoms with van der Waals surface area (Å²) < 4.78 is 11.0. The largest absolute Gasteiger partial charge is 0.460 e. The number of ether oxygens (including phenoxy) is 2. The quantitative estimate of drug-likeness (QED) is 0.0557. The molecule has 5 nitrogen and oxygen atoms in total. The van der Waals surface area contributed by atoms with Gasteiger partial charge in [0, 0.05) is 0 Å². The summed E-state index contributed by atoms with van der Waals surface area (Å²) in [6.45, 7) is 16.2. The molecule has 0 saturated heterocycles. The minimum atomic E-state index is -0.298. The highest BCUT2D eigenvalue weighted by molar-refractivity contribution is 8.93. The summed E-state index contributed by atoms with van der Waals surface area (Å²) in [6, 6.07) is 0. The summed E-state index contributed by atoms with van der Waals surface area (Å²) in [6.07, 6.45) is 24.8. The fourth-order valence-corrected chi connectivity index (χ4v) is 4.43. The van der Waals surface area contributed by atoms with Crippen LogP contribution in [-0.2, 0) is 19.1 Å². The molecule has 0 amide bonds. The zero-order valence-electron chi connectivity index (χ0n) is 28.2. The fourth-order valence-electron chi connectivity index (χ4n) is 4.43. The normalized spacial score (nSPS) is 11.6. The van der Waals surface area contributed by atoms with Crippen molar-refractivity contribution in [2.75, 3.05) is 32.8 Å². The van der Waals surface area contributed by atoms with Gasteiger partial charge in [0.05, 0.1) is 13.1 Å². The average Bonchev–Trinajstić information content (AvgIpc) is 2.89. The van der Waals surface area contributed by atoms with Crippen LogP contribution in [0.5, 0.6) is 0 Å². The van der Waals surface area contributed by atoms with Crippen LogP contribution in [0.4, 0.5) is 0 Å². The molecule has 0 unspecified atom stereocenters. The van der Waals surface area contributed by atoms with Crippen LogP contribution in [-0.4, -0.2) is 49.7 Å². The summed E-state index contributed by atoms with van der Waals surface area (Å²) >= 11 is 0. The molecule has 0 atom stereocenters. The monoisotopic (exact) mass is 653 g/mol. The van der Waals surface area contributed by atoms with Crippen LogP contribution in [0.15, 0.2) is 46.6 Å². The fraction of sp³-hybridized carbons (Fsp3) is 0.722. The molecule has 0 fully saturated rings. The van der Waals surface area contributed by atoms with Gasteiger partial charge in [-0.15, -0.1) is 17.0 Å². The van der Waals surface area contributed by atoms with Gasteiger partial charge in [0.25, 0.3) is 0 Å². The van der Waals surface area contributed by atoms with Crippen LogP contribution >= 0.6 is 17.0 Å². The van der Waals surface area contributed by atoms with Gasteiger partial charge in [0.1, 0.15) is 13.2 Å². The van der Waals surface area contributed by atoms with Crippen LogP contribution in [0.2, 0.25) is 0 Å². The van der Waals surface area contributed by atoms with Gasteiger partial charge in [0.15, 0.2) is 0 Å².